The van der Waals surface area contributed by atoms with Crippen molar-refractivity contribution in [3.8, 4) is 17.2 Å². The van der Waals surface area contributed by atoms with Crippen molar-refractivity contribution >= 4 is 17.5 Å². The van der Waals surface area contributed by atoms with Crippen LogP contribution < -0.4 is 19.5 Å². The summed E-state index contributed by atoms with van der Waals surface area (Å²) < 4.78 is 16.3. The maximum Gasteiger partial charge on any atom is 0.254 e. The number of ether oxygens (including phenoxy) is 3. The van der Waals surface area contributed by atoms with Crippen molar-refractivity contribution in [2.45, 2.75) is 18.4 Å². The highest BCUT2D eigenvalue weighted by Gasteiger charge is 2.47. The Morgan fingerprint density at radius 2 is 1.68 bits per heavy atom. The molecule has 1 N–H and O–H groups in total. The normalized spacial score (nSPS) is 18.3. The molecule has 7 heteroatoms. The first-order chi connectivity index (χ1) is 16.5. The molecule has 0 fully saturated rings. The van der Waals surface area contributed by atoms with E-state index in [1.54, 1.807) is 32.4 Å². The van der Waals surface area contributed by atoms with Crippen molar-refractivity contribution in [3.63, 3.8) is 0 Å². The number of benzene rings is 3. The quantitative estimate of drug-likeness (QED) is 0.621. The summed E-state index contributed by atoms with van der Waals surface area (Å²) in [6, 6.07) is 18.3. The fourth-order valence-corrected chi connectivity index (χ4v) is 5.05. The monoisotopic (exact) mass is 458 g/mol. The second kappa shape index (κ2) is 8.74. The summed E-state index contributed by atoms with van der Waals surface area (Å²) in [6.45, 7) is 0.539. The molecular weight excluding hydrogens is 432 g/mol. The fourth-order valence-electron chi connectivity index (χ4n) is 5.05. The van der Waals surface area contributed by atoms with Gasteiger partial charge >= 0.3 is 0 Å². The molecule has 3 aromatic rings. The molecule has 0 aromatic heterocycles. The minimum atomic E-state index is -0.639. The zero-order valence-corrected chi connectivity index (χ0v) is 19.3. The number of nitrogens with one attached hydrogen (secondary N) is 1. The molecule has 174 valence electrons. The Labute approximate surface area is 198 Å². The van der Waals surface area contributed by atoms with E-state index in [4.69, 9.17) is 14.2 Å². The smallest absolute Gasteiger partial charge is 0.254 e. The molecule has 2 unspecified atom stereocenters. The van der Waals surface area contributed by atoms with Gasteiger partial charge in [0.2, 0.25) is 5.91 Å². The maximum atomic E-state index is 13.9. The predicted molar refractivity (Wildman–Crippen MR) is 128 cm³/mol. The van der Waals surface area contributed by atoms with Gasteiger partial charge in [0.05, 0.1) is 33.3 Å². The topological polar surface area (TPSA) is 77.1 Å². The van der Waals surface area contributed by atoms with Gasteiger partial charge in [0.15, 0.2) is 11.5 Å². The number of fused-ring (bicyclic) bond motifs is 4. The molecule has 2 aliphatic heterocycles. The van der Waals surface area contributed by atoms with E-state index in [-0.39, 0.29) is 11.8 Å². The van der Waals surface area contributed by atoms with Gasteiger partial charge in [-0.05, 0) is 47.4 Å². The van der Waals surface area contributed by atoms with E-state index < -0.39 is 12.0 Å². The van der Waals surface area contributed by atoms with Crippen LogP contribution in [0.1, 0.15) is 39.0 Å². The number of anilines is 1. The third-order valence-corrected chi connectivity index (χ3v) is 6.65. The standard InChI is InChI=1S/C27H26N2O5/c1-32-18-9-6-8-17(13-18)28-26(30)24-20-14-22(33-2)23(34-3)15-21(20)27(31)29-12-11-16-7-4-5-10-19(16)25(24)29/h4-10,13-15,24-25H,11-12H2,1-3H3,(H,28,30). The van der Waals surface area contributed by atoms with Crippen LogP contribution in [0.3, 0.4) is 0 Å². The number of carbonyl (C=O) groups is 2. The Morgan fingerprint density at radius 3 is 2.44 bits per heavy atom. The minimum Gasteiger partial charge on any atom is -0.497 e. The molecule has 0 saturated heterocycles. The summed E-state index contributed by atoms with van der Waals surface area (Å²) in [6.07, 6.45) is 0.741. The maximum absolute atomic E-state index is 13.9. The molecule has 7 nitrogen and oxygen atoms in total. The molecule has 0 bridgehead atoms. The summed E-state index contributed by atoms with van der Waals surface area (Å²) in [5, 5.41) is 3.04. The Hall–Kier alpha value is -4.00. The second-order valence-electron chi connectivity index (χ2n) is 8.39. The van der Waals surface area contributed by atoms with Crippen LogP contribution in [0, 0.1) is 0 Å². The Balaban J connectivity index is 1.66. The molecule has 0 radical (unpaired) electrons. The number of methoxy groups -OCH3 is 3. The van der Waals surface area contributed by atoms with Crippen LogP contribution >= 0.6 is 0 Å². The number of hydrogen-bond acceptors (Lipinski definition) is 5. The number of nitrogens with zero attached hydrogens (tertiary/aromatic N) is 1. The van der Waals surface area contributed by atoms with Crippen molar-refractivity contribution in [1.82, 2.24) is 4.90 Å². The number of hydrogen-bond donors (Lipinski definition) is 1. The van der Waals surface area contributed by atoms with Crippen LogP contribution in [0.2, 0.25) is 0 Å². The molecule has 5 rings (SSSR count). The van der Waals surface area contributed by atoms with Crippen LogP contribution in [0.25, 0.3) is 0 Å². The minimum absolute atomic E-state index is 0.110. The van der Waals surface area contributed by atoms with Gasteiger partial charge < -0.3 is 24.4 Å². The summed E-state index contributed by atoms with van der Waals surface area (Å²) >= 11 is 0. The van der Waals surface area contributed by atoms with E-state index in [0.29, 0.717) is 40.6 Å². The van der Waals surface area contributed by atoms with Crippen LogP contribution in [-0.2, 0) is 11.2 Å². The van der Waals surface area contributed by atoms with Gasteiger partial charge in [-0.15, -0.1) is 0 Å². The lowest BCUT2D eigenvalue weighted by Crippen LogP contribution is -2.49. The summed E-state index contributed by atoms with van der Waals surface area (Å²) in [5.74, 6) is 0.623. The van der Waals surface area contributed by atoms with E-state index in [0.717, 1.165) is 17.5 Å². The second-order valence-corrected chi connectivity index (χ2v) is 8.39. The Morgan fingerprint density at radius 1 is 0.912 bits per heavy atom. The fraction of sp³-hybridized carbons (Fsp3) is 0.259. The average Bonchev–Trinajstić information content (AvgIpc) is 2.88. The van der Waals surface area contributed by atoms with Crippen molar-refractivity contribution < 1.29 is 23.8 Å². The van der Waals surface area contributed by atoms with Gasteiger partial charge in [-0.1, -0.05) is 30.3 Å². The van der Waals surface area contributed by atoms with Crippen molar-refractivity contribution in [1.29, 1.82) is 0 Å². The molecule has 2 heterocycles. The van der Waals surface area contributed by atoms with E-state index in [1.165, 1.54) is 7.11 Å². The number of carbonyl (C=O) groups excluding carboxylic acids is 2. The van der Waals surface area contributed by atoms with E-state index in [1.807, 2.05) is 41.3 Å². The SMILES string of the molecule is COc1cccc(NC(=O)C2c3cc(OC)c(OC)cc3C(=O)N3CCc4ccccc4C23)c1. The van der Waals surface area contributed by atoms with Gasteiger partial charge in [-0.25, -0.2) is 0 Å². The van der Waals surface area contributed by atoms with Crippen molar-refractivity contribution in [2.75, 3.05) is 33.2 Å². The van der Waals surface area contributed by atoms with Crippen molar-refractivity contribution in [2.24, 2.45) is 0 Å². The van der Waals surface area contributed by atoms with Crippen LogP contribution in [0.15, 0.2) is 60.7 Å². The molecule has 0 aliphatic carbocycles. The van der Waals surface area contributed by atoms with Crippen LogP contribution in [-0.4, -0.2) is 44.6 Å². The summed E-state index contributed by atoms with van der Waals surface area (Å²) in [4.78, 5) is 29.3. The van der Waals surface area contributed by atoms with Gasteiger partial charge in [-0.3, -0.25) is 9.59 Å². The Kier molecular flexibility index (Phi) is 5.61. The highest BCUT2D eigenvalue weighted by molar-refractivity contribution is 6.05. The molecule has 2 atom stereocenters. The van der Waals surface area contributed by atoms with E-state index >= 15 is 0 Å². The van der Waals surface area contributed by atoms with Crippen molar-refractivity contribution in [3.05, 3.63) is 82.9 Å². The molecule has 0 spiro atoms. The third-order valence-electron chi connectivity index (χ3n) is 6.65. The lowest BCUT2D eigenvalue weighted by Gasteiger charge is -2.45. The molecule has 2 aliphatic rings. The summed E-state index contributed by atoms with van der Waals surface area (Å²) in [5.41, 5.74) is 3.85. The Bertz CT molecular complexity index is 1270. The third kappa shape index (κ3) is 3.53. The van der Waals surface area contributed by atoms with E-state index in [2.05, 4.69) is 11.4 Å². The first-order valence-corrected chi connectivity index (χ1v) is 11.1. The largest absolute Gasteiger partial charge is 0.497 e. The molecular formula is C27H26N2O5. The highest BCUT2D eigenvalue weighted by Crippen LogP contribution is 2.48. The highest BCUT2D eigenvalue weighted by atomic mass is 16.5. The zero-order chi connectivity index (χ0) is 23.8. The molecule has 3 aromatic carbocycles. The van der Waals surface area contributed by atoms with Gasteiger partial charge in [0, 0.05) is 23.9 Å². The predicted octanol–water partition coefficient (Wildman–Crippen LogP) is 4.19. The lowest BCUT2D eigenvalue weighted by atomic mass is 9.75. The van der Waals surface area contributed by atoms with Crippen LogP contribution in [0.4, 0.5) is 5.69 Å². The van der Waals surface area contributed by atoms with Crippen LogP contribution in [0.5, 0.6) is 17.2 Å². The van der Waals surface area contributed by atoms with E-state index in [9.17, 15) is 9.59 Å². The molecule has 2 amide bonds. The van der Waals surface area contributed by atoms with Gasteiger partial charge in [0.25, 0.3) is 5.91 Å². The average molecular weight is 459 g/mol. The molecule has 0 saturated carbocycles. The molecule has 34 heavy (non-hydrogen) atoms. The first-order valence-electron chi connectivity index (χ1n) is 11.1. The zero-order valence-electron chi connectivity index (χ0n) is 19.3. The summed E-state index contributed by atoms with van der Waals surface area (Å²) in [7, 11) is 4.66. The lowest BCUT2D eigenvalue weighted by molar-refractivity contribution is -0.119. The van der Waals surface area contributed by atoms with Gasteiger partial charge in [-0.2, -0.15) is 0 Å². The number of rotatable bonds is 5. The van der Waals surface area contributed by atoms with Gasteiger partial charge in [0.1, 0.15) is 5.75 Å². The number of amides is 2. The first kappa shape index (κ1) is 21.8.